The van der Waals surface area contributed by atoms with Crippen molar-refractivity contribution in [1.82, 2.24) is 9.80 Å². The van der Waals surface area contributed by atoms with Crippen LogP contribution in [0.25, 0.3) is 0 Å². The molecule has 1 heterocycles. The predicted molar refractivity (Wildman–Crippen MR) is 119 cm³/mol. The molecule has 0 spiro atoms. The minimum atomic E-state index is -0.170. The average Bonchev–Trinajstić information content (AvgIpc) is 2.71. The number of aryl methyl sites for hydroxylation is 2. The highest BCUT2D eigenvalue weighted by Crippen LogP contribution is 2.25. The molecule has 1 aliphatic heterocycles. The van der Waals surface area contributed by atoms with Gasteiger partial charge >= 0.3 is 0 Å². The molecular formula is C23H30ClN3O2. The number of carbonyl (C=O) groups is 1. The molecule has 3 rings (SSSR count). The third kappa shape index (κ3) is 5.30. The maximum absolute atomic E-state index is 12.8. The van der Waals surface area contributed by atoms with E-state index in [2.05, 4.69) is 15.1 Å². The van der Waals surface area contributed by atoms with E-state index in [4.69, 9.17) is 16.3 Å². The van der Waals surface area contributed by atoms with Gasteiger partial charge in [-0.3, -0.25) is 14.6 Å². The Labute approximate surface area is 178 Å². The lowest BCUT2D eigenvalue weighted by Gasteiger charge is -2.37. The second-order valence-corrected chi connectivity index (χ2v) is 8.14. The SMILES string of the molecule is COc1ccc(Cl)cc1CN1CCN(C(C)C(=O)Nc2c(C)cccc2C)CC1. The van der Waals surface area contributed by atoms with E-state index < -0.39 is 0 Å². The summed E-state index contributed by atoms with van der Waals surface area (Å²) >= 11 is 6.15. The lowest BCUT2D eigenvalue weighted by Crippen LogP contribution is -2.52. The van der Waals surface area contributed by atoms with Crippen molar-refractivity contribution in [2.75, 3.05) is 38.6 Å². The zero-order valence-corrected chi connectivity index (χ0v) is 18.4. The highest BCUT2D eigenvalue weighted by atomic mass is 35.5. The van der Waals surface area contributed by atoms with Crippen LogP contribution in [0.2, 0.25) is 5.02 Å². The Morgan fingerprint density at radius 1 is 1.14 bits per heavy atom. The minimum Gasteiger partial charge on any atom is -0.496 e. The summed E-state index contributed by atoms with van der Waals surface area (Å²) in [6, 6.07) is 11.6. The van der Waals surface area contributed by atoms with Crippen LogP contribution in [0.3, 0.4) is 0 Å². The lowest BCUT2D eigenvalue weighted by molar-refractivity contribution is -0.121. The first-order valence-corrected chi connectivity index (χ1v) is 10.4. The van der Waals surface area contributed by atoms with Gasteiger partial charge in [-0.05, 0) is 50.1 Å². The molecule has 1 N–H and O–H groups in total. The first-order chi connectivity index (χ1) is 13.9. The monoisotopic (exact) mass is 415 g/mol. The molecule has 1 saturated heterocycles. The first kappa shape index (κ1) is 21.6. The second kappa shape index (κ2) is 9.61. The van der Waals surface area contributed by atoms with Crippen molar-refractivity contribution in [2.24, 2.45) is 0 Å². The van der Waals surface area contributed by atoms with Crippen LogP contribution in [-0.2, 0) is 11.3 Å². The molecule has 0 saturated carbocycles. The van der Waals surface area contributed by atoms with Crippen molar-refractivity contribution in [1.29, 1.82) is 0 Å². The molecule has 2 aromatic carbocycles. The maximum Gasteiger partial charge on any atom is 0.241 e. The highest BCUT2D eigenvalue weighted by molar-refractivity contribution is 6.30. The summed E-state index contributed by atoms with van der Waals surface area (Å²) in [4.78, 5) is 17.4. The van der Waals surface area contributed by atoms with E-state index in [-0.39, 0.29) is 11.9 Å². The number of nitrogens with zero attached hydrogens (tertiary/aromatic N) is 2. The summed E-state index contributed by atoms with van der Waals surface area (Å²) in [5.74, 6) is 0.908. The smallest absolute Gasteiger partial charge is 0.241 e. The number of rotatable bonds is 6. The van der Waals surface area contributed by atoms with Crippen molar-refractivity contribution in [3.8, 4) is 5.75 Å². The standard InChI is InChI=1S/C23H30ClN3O2/c1-16-6-5-7-17(2)22(16)25-23(28)18(3)27-12-10-26(11-13-27)15-19-14-20(24)8-9-21(19)29-4/h5-9,14,18H,10-13,15H2,1-4H3,(H,25,28). The molecule has 0 radical (unpaired) electrons. The Morgan fingerprint density at radius 2 is 1.79 bits per heavy atom. The van der Waals surface area contributed by atoms with Crippen LogP contribution in [-0.4, -0.2) is 55.0 Å². The van der Waals surface area contributed by atoms with E-state index in [1.807, 2.05) is 57.2 Å². The van der Waals surface area contributed by atoms with Gasteiger partial charge in [0.1, 0.15) is 5.75 Å². The number of hydrogen-bond acceptors (Lipinski definition) is 4. The van der Waals surface area contributed by atoms with Crippen LogP contribution in [0.4, 0.5) is 5.69 Å². The number of amides is 1. The average molecular weight is 416 g/mol. The Hall–Kier alpha value is -2.08. The summed E-state index contributed by atoms with van der Waals surface area (Å²) in [6.45, 7) is 10.3. The third-order valence-corrected chi connectivity index (χ3v) is 5.93. The molecule has 29 heavy (non-hydrogen) atoms. The number of nitrogens with one attached hydrogen (secondary N) is 1. The molecule has 1 atom stereocenters. The van der Waals surface area contributed by atoms with Crippen molar-refractivity contribution in [3.05, 3.63) is 58.1 Å². The number of ether oxygens (including phenoxy) is 1. The van der Waals surface area contributed by atoms with Crippen LogP contribution in [0.1, 0.15) is 23.6 Å². The van der Waals surface area contributed by atoms with E-state index in [9.17, 15) is 4.79 Å². The van der Waals surface area contributed by atoms with Crippen molar-refractivity contribution in [2.45, 2.75) is 33.4 Å². The van der Waals surface area contributed by atoms with Gasteiger partial charge in [0.15, 0.2) is 0 Å². The lowest BCUT2D eigenvalue weighted by atomic mass is 10.1. The first-order valence-electron chi connectivity index (χ1n) is 10.0. The molecule has 2 aromatic rings. The van der Waals surface area contributed by atoms with Gasteiger partial charge in [0.2, 0.25) is 5.91 Å². The number of halogens is 1. The fourth-order valence-corrected chi connectivity index (χ4v) is 4.02. The maximum atomic E-state index is 12.8. The molecule has 1 unspecified atom stereocenters. The normalized spacial score (nSPS) is 16.4. The van der Waals surface area contributed by atoms with Gasteiger partial charge in [0.05, 0.1) is 13.2 Å². The quantitative estimate of drug-likeness (QED) is 0.771. The van der Waals surface area contributed by atoms with Gasteiger partial charge in [0, 0.05) is 49.0 Å². The summed E-state index contributed by atoms with van der Waals surface area (Å²) in [5, 5.41) is 3.84. The number of methoxy groups -OCH3 is 1. The molecule has 1 amide bonds. The minimum absolute atomic E-state index is 0.0485. The largest absolute Gasteiger partial charge is 0.496 e. The molecule has 5 nitrogen and oxygen atoms in total. The Balaban J connectivity index is 1.56. The van der Waals surface area contributed by atoms with E-state index in [0.29, 0.717) is 0 Å². The van der Waals surface area contributed by atoms with Gasteiger partial charge in [-0.25, -0.2) is 0 Å². The summed E-state index contributed by atoms with van der Waals surface area (Å²) in [6.07, 6.45) is 0. The molecule has 0 aliphatic carbocycles. The molecule has 6 heteroatoms. The second-order valence-electron chi connectivity index (χ2n) is 7.70. The fraction of sp³-hybridized carbons (Fsp3) is 0.435. The van der Waals surface area contributed by atoms with E-state index >= 15 is 0 Å². The summed E-state index contributed by atoms with van der Waals surface area (Å²) in [7, 11) is 1.68. The summed E-state index contributed by atoms with van der Waals surface area (Å²) in [5.41, 5.74) is 4.20. The van der Waals surface area contributed by atoms with Crippen LogP contribution < -0.4 is 10.1 Å². The van der Waals surface area contributed by atoms with E-state index in [1.165, 1.54) is 0 Å². The molecule has 1 aliphatic rings. The fourth-order valence-electron chi connectivity index (χ4n) is 3.83. The van der Waals surface area contributed by atoms with E-state index in [0.717, 1.165) is 65.9 Å². The molecule has 0 aromatic heterocycles. The molecule has 0 bridgehead atoms. The molecule has 1 fully saturated rings. The van der Waals surface area contributed by atoms with Gasteiger partial charge in [0.25, 0.3) is 0 Å². The number of anilines is 1. The molecule has 156 valence electrons. The predicted octanol–water partition coefficient (Wildman–Crippen LogP) is 4.11. The Morgan fingerprint density at radius 3 is 2.41 bits per heavy atom. The number of para-hydroxylation sites is 1. The van der Waals surface area contributed by atoms with Gasteiger partial charge in [-0.1, -0.05) is 29.8 Å². The van der Waals surface area contributed by atoms with Crippen molar-refractivity contribution in [3.63, 3.8) is 0 Å². The van der Waals surface area contributed by atoms with Crippen LogP contribution in [0.5, 0.6) is 5.75 Å². The topological polar surface area (TPSA) is 44.8 Å². The van der Waals surface area contributed by atoms with E-state index in [1.54, 1.807) is 7.11 Å². The zero-order chi connectivity index (χ0) is 21.0. The van der Waals surface area contributed by atoms with Crippen LogP contribution >= 0.6 is 11.6 Å². The highest BCUT2D eigenvalue weighted by Gasteiger charge is 2.26. The Bertz CT molecular complexity index is 843. The van der Waals surface area contributed by atoms with Crippen molar-refractivity contribution >= 4 is 23.2 Å². The summed E-state index contributed by atoms with van der Waals surface area (Å²) < 4.78 is 5.46. The molecular weight excluding hydrogens is 386 g/mol. The third-order valence-electron chi connectivity index (χ3n) is 5.70. The zero-order valence-electron chi connectivity index (χ0n) is 17.7. The van der Waals surface area contributed by atoms with Gasteiger partial charge in [-0.2, -0.15) is 0 Å². The number of carbonyl (C=O) groups excluding carboxylic acids is 1. The number of piperazine rings is 1. The number of hydrogen-bond donors (Lipinski definition) is 1. The van der Waals surface area contributed by atoms with Crippen LogP contribution in [0.15, 0.2) is 36.4 Å². The Kier molecular flexibility index (Phi) is 7.17. The van der Waals surface area contributed by atoms with Crippen LogP contribution in [0, 0.1) is 13.8 Å². The van der Waals surface area contributed by atoms with Gasteiger partial charge in [-0.15, -0.1) is 0 Å². The van der Waals surface area contributed by atoms with Gasteiger partial charge < -0.3 is 10.1 Å². The van der Waals surface area contributed by atoms with Crippen molar-refractivity contribution < 1.29 is 9.53 Å². The number of benzene rings is 2.